The van der Waals surface area contributed by atoms with Gasteiger partial charge in [-0.3, -0.25) is 9.02 Å². The van der Waals surface area contributed by atoms with Gasteiger partial charge in [-0.25, -0.2) is 18.7 Å². The summed E-state index contributed by atoms with van der Waals surface area (Å²) in [6, 6.07) is 8.89. The molecule has 1 atom stereocenters. The van der Waals surface area contributed by atoms with E-state index in [9.17, 15) is 13.3 Å². The van der Waals surface area contributed by atoms with Gasteiger partial charge in [-0.1, -0.05) is 17.7 Å². The van der Waals surface area contributed by atoms with Crippen LogP contribution in [0.15, 0.2) is 36.5 Å². The van der Waals surface area contributed by atoms with Crippen molar-refractivity contribution < 1.29 is 13.3 Å². The standard InChI is InChI=1S/C19H18ClF2IN6OP2/c1-28-7-6-11(27-28)10-4-5-12(14(8-10)32(2,3)30)24-13-9-15(20)25-18-16(13)26-19(17(21)22)29(18)31-23/h4-9,17,31H,1-3H3,(H,24,25). The maximum Gasteiger partial charge on any atom is 0.295 e. The Morgan fingerprint density at radius 2 is 1.94 bits per heavy atom. The number of nitrogens with one attached hydrogen (secondary N) is 1. The Bertz CT molecular complexity index is 1370. The van der Waals surface area contributed by atoms with E-state index in [2.05, 4.69) is 20.4 Å². The fraction of sp³-hybridized carbons (Fsp3) is 0.211. The summed E-state index contributed by atoms with van der Waals surface area (Å²) in [6.45, 7) is 3.34. The molecular formula is C19H18ClF2IN6OP2. The highest BCUT2D eigenvalue weighted by atomic mass is 127. The third-order valence-corrected chi connectivity index (χ3v) is 8.53. The summed E-state index contributed by atoms with van der Waals surface area (Å²) >= 11 is 8.20. The summed E-state index contributed by atoms with van der Waals surface area (Å²) in [7, 11) is -0.897. The molecule has 1 aromatic carbocycles. The number of aryl methyl sites for hydroxylation is 1. The Hall–Kier alpha value is -1.61. The molecule has 32 heavy (non-hydrogen) atoms. The van der Waals surface area contributed by atoms with Crippen LogP contribution in [0.3, 0.4) is 0 Å². The smallest absolute Gasteiger partial charge is 0.295 e. The van der Waals surface area contributed by atoms with Gasteiger partial charge in [0.15, 0.2) is 11.5 Å². The zero-order chi connectivity index (χ0) is 23.2. The van der Waals surface area contributed by atoms with Gasteiger partial charge < -0.3 is 9.88 Å². The summed E-state index contributed by atoms with van der Waals surface area (Å²) in [5.74, 6) is -0.368. The van der Waals surface area contributed by atoms with Gasteiger partial charge in [0.05, 0.1) is 17.8 Å². The third-order valence-electron chi connectivity index (χ3n) is 4.75. The van der Waals surface area contributed by atoms with Gasteiger partial charge in [-0.05, 0) is 53.6 Å². The van der Waals surface area contributed by atoms with Crippen LogP contribution < -0.4 is 10.6 Å². The lowest BCUT2D eigenvalue weighted by atomic mass is 10.1. The van der Waals surface area contributed by atoms with Gasteiger partial charge in [0.2, 0.25) is 0 Å². The summed E-state index contributed by atoms with van der Waals surface area (Å²) in [5, 5.41) is 8.35. The number of halogens is 4. The number of anilines is 2. The van der Waals surface area contributed by atoms with Crippen LogP contribution in [0.5, 0.6) is 0 Å². The van der Waals surface area contributed by atoms with Gasteiger partial charge >= 0.3 is 0 Å². The number of imidazole rings is 1. The lowest BCUT2D eigenvalue weighted by molar-refractivity contribution is 0.140. The molecule has 0 radical (unpaired) electrons. The number of fused-ring (bicyclic) bond motifs is 1. The minimum atomic E-state index is -2.75. The van der Waals surface area contributed by atoms with E-state index in [1.165, 1.54) is 10.4 Å². The number of pyridine rings is 1. The molecule has 3 aromatic heterocycles. The van der Waals surface area contributed by atoms with E-state index in [0.717, 1.165) is 11.3 Å². The Kier molecular flexibility index (Phi) is 6.60. The second-order valence-electron chi connectivity index (χ2n) is 7.44. The van der Waals surface area contributed by atoms with Crippen LogP contribution >= 0.6 is 47.2 Å². The number of hydrogen-bond acceptors (Lipinski definition) is 5. The normalized spacial score (nSPS) is 12.5. The summed E-state index contributed by atoms with van der Waals surface area (Å²) in [5.41, 5.74) is 3.11. The van der Waals surface area contributed by atoms with Gasteiger partial charge in [0.25, 0.3) is 6.43 Å². The van der Waals surface area contributed by atoms with E-state index < -0.39 is 13.6 Å². The number of alkyl halides is 2. The van der Waals surface area contributed by atoms with Crippen molar-refractivity contribution >= 4 is 75.0 Å². The molecule has 3 heterocycles. The molecule has 0 bridgehead atoms. The van der Waals surface area contributed by atoms with Crippen molar-refractivity contribution in [3.63, 3.8) is 0 Å². The predicted molar refractivity (Wildman–Crippen MR) is 136 cm³/mol. The van der Waals surface area contributed by atoms with E-state index in [1.807, 2.05) is 53.5 Å². The topological polar surface area (TPSA) is 77.6 Å². The number of nitrogens with zero attached hydrogens (tertiary/aromatic N) is 5. The molecule has 4 rings (SSSR count). The number of rotatable bonds is 6. The second-order valence-corrected chi connectivity index (χ2v) is 13.1. The molecule has 0 fully saturated rings. The van der Waals surface area contributed by atoms with Gasteiger partial charge in [-0.2, -0.15) is 5.10 Å². The average Bonchev–Trinajstić information content (AvgIpc) is 3.31. The highest BCUT2D eigenvalue weighted by molar-refractivity contribution is 14.2. The molecule has 0 saturated carbocycles. The minimum absolute atomic E-state index is 0.0249. The maximum absolute atomic E-state index is 13.5. The second kappa shape index (κ2) is 8.97. The molecule has 1 N–H and O–H groups in total. The summed E-state index contributed by atoms with van der Waals surface area (Å²) in [6.07, 6.45) is -0.945. The van der Waals surface area contributed by atoms with Crippen molar-refractivity contribution in [1.29, 1.82) is 0 Å². The van der Waals surface area contributed by atoms with Crippen LogP contribution in [0.1, 0.15) is 12.2 Å². The van der Waals surface area contributed by atoms with Gasteiger partial charge in [0, 0.05) is 35.9 Å². The first-order chi connectivity index (χ1) is 15.1. The van der Waals surface area contributed by atoms with Gasteiger partial charge in [-0.15, -0.1) is 0 Å². The molecule has 4 aromatic rings. The Morgan fingerprint density at radius 1 is 1.19 bits per heavy atom. The van der Waals surface area contributed by atoms with E-state index in [1.54, 1.807) is 24.1 Å². The highest BCUT2D eigenvalue weighted by Gasteiger charge is 2.24. The van der Waals surface area contributed by atoms with Crippen LogP contribution in [-0.2, 0) is 11.6 Å². The van der Waals surface area contributed by atoms with E-state index in [0.29, 0.717) is 16.7 Å². The monoisotopic (exact) mass is 608 g/mol. The van der Waals surface area contributed by atoms with Crippen molar-refractivity contribution in [1.82, 2.24) is 24.1 Å². The molecule has 0 aliphatic carbocycles. The minimum Gasteiger partial charge on any atom is -0.353 e. The van der Waals surface area contributed by atoms with Crippen molar-refractivity contribution in [2.45, 2.75) is 6.43 Å². The predicted octanol–water partition coefficient (Wildman–Crippen LogP) is 6.21. The Morgan fingerprint density at radius 3 is 2.53 bits per heavy atom. The lowest BCUT2D eigenvalue weighted by Gasteiger charge is -2.17. The molecule has 0 aliphatic rings. The molecular weight excluding hydrogens is 591 g/mol. The van der Waals surface area contributed by atoms with Crippen molar-refractivity contribution in [3.05, 3.63) is 47.5 Å². The van der Waals surface area contributed by atoms with Crippen molar-refractivity contribution in [3.8, 4) is 11.3 Å². The fourth-order valence-electron chi connectivity index (χ4n) is 3.31. The Labute approximate surface area is 202 Å². The van der Waals surface area contributed by atoms with Crippen LogP contribution in [0.25, 0.3) is 22.4 Å². The number of hydrogen-bond donors (Lipinski definition) is 1. The zero-order valence-corrected chi connectivity index (χ0v) is 22.0. The third kappa shape index (κ3) is 4.55. The molecule has 1 unspecified atom stereocenters. The molecule has 13 heteroatoms. The highest BCUT2D eigenvalue weighted by Crippen LogP contribution is 2.42. The molecule has 0 aliphatic heterocycles. The quantitative estimate of drug-likeness (QED) is 0.160. The maximum atomic E-state index is 13.5. The van der Waals surface area contributed by atoms with E-state index in [-0.39, 0.29) is 28.5 Å². The zero-order valence-electron chi connectivity index (χ0n) is 17.1. The van der Waals surface area contributed by atoms with Crippen LogP contribution in [0, 0.1) is 0 Å². The molecule has 7 nitrogen and oxygen atoms in total. The van der Waals surface area contributed by atoms with Crippen LogP contribution in [0.4, 0.5) is 20.2 Å². The average molecular weight is 609 g/mol. The van der Waals surface area contributed by atoms with Crippen molar-refractivity contribution in [2.24, 2.45) is 7.05 Å². The number of aromatic nitrogens is 5. The SMILES string of the molecule is Cn1ccc(-c2ccc(Nc3cc(Cl)nc4c3nc(C(F)F)n4PI)c(P(C)(C)=O)c2)n1. The first kappa shape index (κ1) is 23.5. The first-order valence-corrected chi connectivity index (χ1v) is 16.3. The van der Waals surface area contributed by atoms with Gasteiger partial charge in [0.1, 0.15) is 17.8 Å². The van der Waals surface area contributed by atoms with Crippen molar-refractivity contribution in [2.75, 3.05) is 18.6 Å². The van der Waals surface area contributed by atoms with Crippen LogP contribution in [0.2, 0.25) is 5.15 Å². The van der Waals surface area contributed by atoms with E-state index in [4.69, 9.17) is 11.6 Å². The summed E-state index contributed by atoms with van der Waals surface area (Å²) < 4.78 is 43.2. The molecule has 0 spiro atoms. The largest absolute Gasteiger partial charge is 0.353 e. The van der Waals surface area contributed by atoms with Crippen LogP contribution in [-0.4, -0.2) is 37.4 Å². The lowest BCUT2D eigenvalue weighted by Crippen LogP contribution is -2.10. The number of benzene rings is 1. The summed E-state index contributed by atoms with van der Waals surface area (Å²) in [4.78, 5) is 8.34. The Balaban J connectivity index is 1.86. The van der Waals surface area contributed by atoms with E-state index >= 15 is 0 Å². The molecule has 168 valence electrons. The molecule has 0 amide bonds. The molecule has 0 saturated heterocycles. The first-order valence-electron chi connectivity index (χ1n) is 9.29. The fourth-order valence-corrected chi connectivity index (χ4v) is 6.56.